The maximum Gasteiger partial charge on any atom is 0.217 e. The standard InChI is InChI=1S/C33H48N2O3/c1-28(2)12-14-33(11-9-25(35)37)15-13-32(7)26(21(33)18-28)22(36)16-24-30(5)17-20(19-34)27(38)29(3,4)23(30)8-10-31(24,32)6/h16-17,21,23,26-27,38H,8-15,18H2,1-7H3,(H2,35,37)/t21?,23-,26?,27?,30-,31+,32+,33+/m0/s1. The van der Waals surface area contributed by atoms with Gasteiger partial charge in [0.25, 0.3) is 0 Å². The molecule has 0 aromatic carbocycles. The summed E-state index contributed by atoms with van der Waals surface area (Å²) < 4.78 is 0. The van der Waals surface area contributed by atoms with Crippen LogP contribution in [-0.2, 0) is 9.59 Å². The van der Waals surface area contributed by atoms with Crippen LogP contribution in [0.4, 0.5) is 0 Å². The van der Waals surface area contributed by atoms with Crippen molar-refractivity contribution >= 4 is 11.7 Å². The summed E-state index contributed by atoms with van der Waals surface area (Å²) in [4.78, 5) is 26.4. The Balaban J connectivity index is 1.66. The molecule has 38 heavy (non-hydrogen) atoms. The van der Waals surface area contributed by atoms with Gasteiger partial charge in [0.15, 0.2) is 5.78 Å². The third kappa shape index (κ3) is 3.51. The normalized spacial score (nSPS) is 46.8. The monoisotopic (exact) mass is 520 g/mol. The highest BCUT2D eigenvalue weighted by Gasteiger charge is 2.69. The van der Waals surface area contributed by atoms with E-state index in [0.29, 0.717) is 12.0 Å². The van der Waals surface area contributed by atoms with E-state index in [-0.39, 0.29) is 51.1 Å². The maximum atomic E-state index is 14.5. The molecule has 0 aromatic rings. The molecule has 5 aliphatic carbocycles. The Hall–Kier alpha value is -1.93. The van der Waals surface area contributed by atoms with Crippen molar-refractivity contribution in [1.82, 2.24) is 0 Å². The lowest BCUT2D eigenvalue weighted by Gasteiger charge is -2.69. The first-order valence-corrected chi connectivity index (χ1v) is 14.8. The van der Waals surface area contributed by atoms with Gasteiger partial charge in [0.2, 0.25) is 5.91 Å². The second-order valence-electron chi connectivity index (χ2n) is 15.8. The molecule has 0 aliphatic heterocycles. The minimum absolute atomic E-state index is 0.00197. The highest BCUT2D eigenvalue weighted by molar-refractivity contribution is 5.95. The molecule has 5 heteroatoms. The lowest BCUT2D eigenvalue weighted by atomic mass is 9.34. The van der Waals surface area contributed by atoms with Gasteiger partial charge in [-0.1, -0.05) is 60.1 Å². The molecule has 208 valence electrons. The molecule has 3 unspecified atom stereocenters. The van der Waals surface area contributed by atoms with Gasteiger partial charge in [-0.3, -0.25) is 9.59 Å². The van der Waals surface area contributed by atoms with Gasteiger partial charge in [-0.25, -0.2) is 0 Å². The quantitative estimate of drug-likeness (QED) is 0.458. The fraction of sp³-hybridized carbons (Fsp3) is 0.788. The highest BCUT2D eigenvalue weighted by Crippen LogP contribution is 2.75. The van der Waals surface area contributed by atoms with Crippen molar-refractivity contribution in [3.05, 3.63) is 23.3 Å². The molecule has 0 aromatic heterocycles. The minimum atomic E-state index is -0.789. The zero-order valence-corrected chi connectivity index (χ0v) is 24.6. The van der Waals surface area contributed by atoms with Crippen molar-refractivity contribution < 1.29 is 14.7 Å². The number of aliphatic hydroxyl groups excluding tert-OH is 1. The fourth-order valence-electron chi connectivity index (χ4n) is 10.7. The number of nitrogens with two attached hydrogens (primary N) is 1. The third-order valence-corrected chi connectivity index (χ3v) is 13.1. The number of ketones is 1. The van der Waals surface area contributed by atoms with Crippen molar-refractivity contribution in [3.63, 3.8) is 0 Å². The smallest absolute Gasteiger partial charge is 0.217 e. The first-order valence-electron chi connectivity index (χ1n) is 14.8. The van der Waals surface area contributed by atoms with Crippen LogP contribution in [0.5, 0.6) is 0 Å². The number of primary amides is 1. The Labute approximate surface area is 229 Å². The molecule has 0 spiro atoms. The van der Waals surface area contributed by atoms with Crippen molar-refractivity contribution in [2.24, 2.45) is 56.0 Å². The van der Waals surface area contributed by atoms with Crippen LogP contribution in [-0.4, -0.2) is 22.9 Å². The van der Waals surface area contributed by atoms with Crippen LogP contribution in [0.3, 0.4) is 0 Å². The number of carbonyl (C=O) groups excluding carboxylic acids is 2. The van der Waals surface area contributed by atoms with Crippen LogP contribution in [0.15, 0.2) is 23.3 Å². The summed E-state index contributed by atoms with van der Waals surface area (Å²) in [5.41, 5.74) is 6.14. The largest absolute Gasteiger partial charge is 0.387 e. The van der Waals surface area contributed by atoms with E-state index in [1.807, 2.05) is 12.2 Å². The number of hydrogen-bond donors (Lipinski definition) is 2. The van der Waals surface area contributed by atoms with Crippen LogP contribution in [0.25, 0.3) is 0 Å². The Bertz CT molecular complexity index is 1170. The number of rotatable bonds is 3. The number of nitrogens with zero attached hydrogens (tertiary/aromatic N) is 1. The average molecular weight is 521 g/mol. The Kier molecular flexibility index (Phi) is 6.03. The zero-order chi connectivity index (χ0) is 28.1. The molecular formula is C33H48N2O3. The van der Waals surface area contributed by atoms with Crippen LogP contribution in [0.1, 0.15) is 106 Å². The summed E-state index contributed by atoms with van der Waals surface area (Å²) >= 11 is 0. The summed E-state index contributed by atoms with van der Waals surface area (Å²) in [5.74, 6) is 0.324. The van der Waals surface area contributed by atoms with E-state index in [0.717, 1.165) is 51.4 Å². The molecule has 5 nitrogen and oxygen atoms in total. The first-order chi connectivity index (χ1) is 17.5. The molecule has 3 fully saturated rings. The van der Waals surface area contributed by atoms with Crippen molar-refractivity contribution in [2.45, 2.75) is 112 Å². The molecule has 5 aliphatic rings. The summed E-state index contributed by atoms with van der Waals surface area (Å²) in [5, 5.41) is 21.0. The molecule has 3 saturated carbocycles. The van der Waals surface area contributed by atoms with Gasteiger partial charge in [0.05, 0.1) is 17.7 Å². The molecule has 0 saturated heterocycles. The summed E-state index contributed by atoms with van der Waals surface area (Å²) in [6.07, 6.45) is 11.5. The zero-order valence-electron chi connectivity index (χ0n) is 24.6. The van der Waals surface area contributed by atoms with Crippen molar-refractivity contribution in [2.75, 3.05) is 0 Å². The van der Waals surface area contributed by atoms with E-state index >= 15 is 0 Å². The number of fused-ring (bicyclic) bond motifs is 7. The second kappa shape index (κ2) is 8.29. The molecule has 0 bridgehead atoms. The predicted octanol–water partition coefficient (Wildman–Crippen LogP) is 6.26. The van der Waals surface area contributed by atoms with Crippen LogP contribution >= 0.6 is 0 Å². The van der Waals surface area contributed by atoms with Crippen LogP contribution in [0, 0.1) is 61.6 Å². The van der Waals surface area contributed by atoms with E-state index in [9.17, 15) is 20.0 Å². The number of hydrogen-bond acceptors (Lipinski definition) is 4. The van der Waals surface area contributed by atoms with Gasteiger partial charge in [0.1, 0.15) is 0 Å². The van der Waals surface area contributed by atoms with Gasteiger partial charge in [-0.15, -0.1) is 0 Å². The van der Waals surface area contributed by atoms with Crippen LogP contribution < -0.4 is 5.73 Å². The average Bonchev–Trinajstić information content (AvgIpc) is 2.82. The number of allylic oxidation sites excluding steroid dienone is 3. The molecule has 1 amide bonds. The summed E-state index contributed by atoms with van der Waals surface area (Å²) in [7, 11) is 0. The van der Waals surface area contributed by atoms with E-state index in [2.05, 4.69) is 54.5 Å². The second-order valence-corrected chi connectivity index (χ2v) is 15.8. The molecule has 5 rings (SSSR count). The van der Waals surface area contributed by atoms with Gasteiger partial charge >= 0.3 is 0 Å². The number of aliphatic hydroxyl groups is 1. The Morgan fingerprint density at radius 3 is 2.37 bits per heavy atom. The number of amides is 1. The van der Waals surface area contributed by atoms with Crippen LogP contribution in [0.2, 0.25) is 0 Å². The third-order valence-electron chi connectivity index (χ3n) is 13.1. The lowest BCUT2D eigenvalue weighted by molar-refractivity contribution is -0.174. The number of nitriles is 1. The summed E-state index contributed by atoms with van der Waals surface area (Å²) in [6, 6.07) is 2.29. The van der Waals surface area contributed by atoms with Crippen molar-refractivity contribution in [3.8, 4) is 6.07 Å². The van der Waals surface area contributed by atoms with E-state index in [1.54, 1.807) is 0 Å². The topological polar surface area (TPSA) is 104 Å². The van der Waals surface area contributed by atoms with E-state index in [4.69, 9.17) is 5.73 Å². The van der Waals surface area contributed by atoms with Gasteiger partial charge in [0, 0.05) is 17.8 Å². The molecule has 0 radical (unpaired) electrons. The highest BCUT2D eigenvalue weighted by atomic mass is 16.3. The lowest BCUT2D eigenvalue weighted by Crippen LogP contribution is -2.65. The van der Waals surface area contributed by atoms with Gasteiger partial charge in [-0.2, -0.15) is 5.26 Å². The molecule has 3 N–H and O–H groups in total. The fourth-order valence-corrected chi connectivity index (χ4v) is 10.7. The van der Waals surface area contributed by atoms with Gasteiger partial charge < -0.3 is 10.8 Å². The minimum Gasteiger partial charge on any atom is -0.387 e. The van der Waals surface area contributed by atoms with Crippen molar-refractivity contribution in [1.29, 1.82) is 5.26 Å². The number of carbonyl (C=O) groups is 2. The predicted molar refractivity (Wildman–Crippen MR) is 148 cm³/mol. The SMILES string of the molecule is CC1(C)CC[C@]2(CCC(N)=O)CC[C@]3(C)C(C(=O)C=C4[C@@]5(C)C=C(C#N)C(O)C(C)(C)[C@@H]5CC[C@]43C)C2C1. The summed E-state index contributed by atoms with van der Waals surface area (Å²) in [6.45, 7) is 15.8. The maximum absolute atomic E-state index is 14.5. The van der Waals surface area contributed by atoms with Gasteiger partial charge in [-0.05, 0) is 96.4 Å². The molecule has 8 atom stereocenters. The molecular weight excluding hydrogens is 472 g/mol. The molecule has 0 heterocycles. The van der Waals surface area contributed by atoms with E-state index < -0.39 is 16.9 Å². The Morgan fingerprint density at radius 1 is 1.08 bits per heavy atom. The van der Waals surface area contributed by atoms with E-state index in [1.165, 1.54) is 5.57 Å². The Morgan fingerprint density at radius 2 is 1.74 bits per heavy atom. The first kappa shape index (κ1) is 27.6.